The molecule has 0 spiro atoms. The first-order chi connectivity index (χ1) is 8.47. The Bertz CT molecular complexity index is 373. The second kappa shape index (κ2) is 7.61. The molecule has 100 valence electrons. The van der Waals surface area contributed by atoms with Crippen LogP contribution >= 0.6 is 22.6 Å². The Hall–Kier alpha value is -0.780. The summed E-state index contributed by atoms with van der Waals surface area (Å²) in [5.74, 6) is 0.504. The third-order valence-electron chi connectivity index (χ3n) is 2.37. The van der Waals surface area contributed by atoms with Gasteiger partial charge in [0.25, 0.3) is 0 Å². The number of hydrogen-bond donors (Lipinski definition) is 0. The van der Waals surface area contributed by atoms with Crippen molar-refractivity contribution in [1.82, 2.24) is 0 Å². The van der Waals surface area contributed by atoms with Gasteiger partial charge in [-0.3, -0.25) is 0 Å². The molecular weight excluding hydrogens is 343 g/mol. The molecule has 0 fully saturated rings. The van der Waals surface area contributed by atoms with Gasteiger partial charge in [-0.05, 0) is 59.5 Å². The molecule has 1 rings (SSSR count). The highest BCUT2D eigenvalue weighted by Crippen LogP contribution is 2.10. The molecule has 1 aromatic rings. The van der Waals surface area contributed by atoms with E-state index in [0.717, 1.165) is 15.6 Å². The summed E-state index contributed by atoms with van der Waals surface area (Å²) < 4.78 is 11.4. The van der Waals surface area contributed by atoms with E-state index in [1.54, 1.807) is 0 Å². The van der Waals surface area contributed by atoms with Crippen molar-refractivity contribution in [1.29, 1.82) is 0 Å². The number of carbonyl (C=O) groups is 1. The van der Waals surface area contributed by atoms with E-state index in [9.17, 15) is 4.79 Å². The molecule has 0 aliphatic carbocycles. The van der Waals surface area contributed by atoms with Gasteiger partial charge in [0.1, 0.15) is 12.7 Å². The third-order valence-corrected chi connectivity index (χ3v) is 3.09. The molecule has 1 aromatic carbocycles. The predicted octanol–water partition coefficient (Wildman–Crippen LogP) is 4.38. The number of halogens is 1. The first-order valence-electron chi connectivity index (χ1n) is 6.05. The Labute approximate surface area is 122 Å². The molecule has 0 radical (unpaired) electrons. The fourth-order valence-corrected chi connectivity index (χ4v) is 1.99. The van der Waals surface area contributed by atoms with Crippen molar-refractivity contribution in [3.63, 3.8) is 0 Å². The number of benzene rings is 1. The maximum Gasteiger partial charge on any atom is 0.508 e. The van der Waals surface area contributed by atoms with E-state index in [1.165, 1.54) is 0 Å². The van der Waals surface area contributed by atoms with E-state index in [1.807, 2.05) is 31.2 Å². The molecule has 4 heteroatoms. The maximum atomic E-state index is 11.4. The van der Waals surface area contributed by atoms with E-state index in [0.29, 0.717) is 5.92 Å². The van der Waals surface area contributed by atoms with Crippen molar-refractivity contribution in [3.05, 3.63) is 33.4 Å². The monoisotopic (exact) mass is 362 g/mol. The number of hydrogen-bond acceptors (Lipinski definition) is 3. The van der Waals surface area contributed by atoms with Crippen LogP contribution in [0.25, 0.3) is 0 Å². The molecule has 18 heavy (non-hydrogen) atoms. The van der Waals surface area contributed by atoms with Gasteiger partial charge in [-0.25, -0.2) is 4.79 Å². The molecule has 0 aliphatic rings. The second-order valence-electron chi connectivity index (χ2n) is 4.72. The summed E-state index contributed by atoms with van der Waals surface area (Å²) in [6, 6.07) is 7.83. The van der Waals surface area contributed by atoms with Crippen LogP contribution in [-0.2, 0) is 16.1 Å². The molecule has 1 atom stereocenters. The fraction of sp³-hybridized carbons (Fsp3) is 0.500. The smallest absolute Gasteiger partial charge is 0.431 e. The van der Waals surface area contributed by atoms with Crippen molar-refractivity contribution in [2.24, 2.45) is 5.92 Å². The number of ether oxygens (including phenoxy) is 2. The second-order valence-corrected chi connectivity index (χ2v) is 5.97. The van der Waals surface area contributed by atoms with Crippen LogP contribution in [0.1, 0.15) is 32.8 Å². The Morgan fingerprint density at radius 2 is 1.83 bits per heavy atom. The van der Waals surface area contributed by atoms with Crippen LogP contribution in [0.4, 0.5) is 4.79 Å². The minimum absolute atomic E-state index is 0.103. The van der Waals surface area contributed by atoms with Gasteiger partial charge >= 0.3 is 6.16 Å². The average Bonchev–Trinajstić information content (AvgIpc) is 2.27. The van der Waals surface area contributed by atoms with Gasteiger partial charge in [-0.2, -0.15) is 0 Å². The molecule has 0 saturated heterocycles. The zero-order chi connectivity index (χ0) is 13.5. The highest BCUT2D eigenvalue weighted by Gasteiger charge is 2.12. The van der Waals surface area contributed by atoms with Crippen molar-refractivity contribution in [2.75, 3.05) is 0 Å². The van der Waals surface area contributed by atoms with Crippen LogP contribution in [-0.4, -0.2) is 12.3 Å². The molecule has 0 saturated carbocycles. The van der Waals surface area contributed by atoms with E-state index in [2.05, 4.69) is 36.4 Å². The molecule has 0 bridgehead atoms. The molecular formula is C14H19IO3. The van der Waals surface area contributed by atoms with E-state index >= 15 is 0 Å². The molecule has 3 nitrogen and oxygen atoms in total. The highest BCUT2D eigenvalue weighted by atomic mass is 127. The normalized spacial score (nSPS) is 12.3. The third kappa shape index (κ3) is 6.23. The topological polar surface area (TPSA) is 35.5 Å². The minimum Gasteiger partial charge on any atom is -0.431 e. The molecule has 0 amide bonds. The Morgan fingerprint density at radius 3 is 2.39 bits per heavy atom. The number of rotatable bonds is 5. The van der Waals surface area contributed by atoms with Crippen LogP contribution in [0.3, 0.4) is 0 Å². The first-order valence-corrected chi connectivity index (χ1v) is 7.13. The van der Waals surface area contributed by atoms with Gasteiger partial charge in [0, 0.05) is 3.57 Å². The van der Waals surface area contributed by atoms with E-state index in [4.69, 9.17) is 9.47 Å². The van der Waals surface area contributed by atoms with Crippen LogP contribution in [0.2, 0.25) is 0 Å². The summed E-state index contributed by atoms with van der Waals surface area (Å²) in [6.07, 6.45) is 0.148. The summed E-state index contributed by atoms with van der Waals surface area (Å²) in [6.45, 7) is 6.32. The molecule has 0 aromatic heterocycles. The summed E-state index contributed by atoms with van der Waals surface area (Å²) in [4.78, 5) is 11.4. The average molecular weight is 362 g/mol. The number of carbonyl (C=O) groups excluding carboxylic acids is 1. The quantitative estimate of drug-likeness (QED) is 0.576. The lowest BCUT2D eigenvalue weighted by Gasteiger charge is -2.14. The zero-order valence-corrected chi connectivity index (χ0v) is 13.1. The van der Waals surface area contributed by atoms with Gasteiger partial charge in [0.2, 0.25) is 0 Å². The summed E-state index contributed by atoms with van der Waals surface area (Å²) >= 11 is 2.23. The maximum absolute atomic E-state index is 11.4. The molecule has 0 N–H and O–H groups in total. The summed E-state index contributed by atoms with van der Waals surface area (Å²) in [5.41, 5.74) is 0.962. The van der Waals surface area contributed by atoms with E-state index < -0.39 is 6.16 Å². The SMILES string of the molecule is CC(C)CC(C)OC(=O)OCc1ccc(I)cc1. The van der Waals surface area contributed by atoms with Crippen LogP contribution in [0, 0.1) is 9.49 Å². The minimum atomic E-state index is -0.596. The van der Waals surface area contributed by atoms with Crippen molar-refractivity contribution < 1.29 is 14.3 Å². The van der Waals surface area contributed by atoms with E-state index in [-0.39, 0.29) is 12.7 Å². The lowest BCUT2D eigenvalue weighted by molar-refractivity contribution is 0.0188. The van der Waals surface area contributed by atoms with Crippen molar-refractivity contribution in [2.45, 2.75) is 39.9 Å². The van der Waals surface area contributed by atoms with Gasteiger partial charge in [0.15, 0.2) is 0 Å². The molecule has 1 unspecified atom stereocenters. The standard InChI is InChI=1S/C14H19IO3/c1-10(2)8-11(3)18-14(16)17-9-12-4-6-13(15)7-5-12/h4-7,10-11H,8-9H2,1-3H3. The summed E-state index contributed by atoms with van der Waals surface area (Å²) in [5, 5.41) is 0. The zero-order valence-electron chi connectivity index (χ0n) is 11.0. The van der Waals surface area contributed by atoms with Crippen molar-refractivity contribution in [3.8, 4) is 0 Å². The Balaban J connectivity index is 2.30. The van der Waals surface area contributed by atoms with Crippen LogP contribution in [0.15, 0.2) is 24.3 Å². The first kappa shape index (κ1) is 15.3. The lowest BCUT2D eigenvalue weighted by atomic mass is 10.1. The predicted molar refractivity (Wildman–Crippen MR) is 79.3 cm³/mol. The van der Waals surface area contributed by atoms with Gasteiger partial charge in [-0.15, -0.1) is 0 Å². The lowest BCUT2D eigenvalue weighted by Crippen LogP contribution is -2.17. The highest BCUT2D eigenvalue weighted by molar-refractivity contribution is 14.1. The van der Waals surface area contributed by atoms with Crippen LogP contribution in [0.5, 0.6) is 0 Å². The largest absolute Gasteiger partial charge is 0.508 e. The molecule has 0 aliphatic heterocycles. The Morgan fingerprint density at radius 1 is 1.22 bits per heavy atom. The Kier molecular flexibility index (Phi) is 6.46. The van der Waals surface area contributed by atoms with Crippen LogP contribution < -0.4 is 0 Å². The summed E-state index contributed by atoms with van der Waals surface area (Å²) in [7, 11) is 0. The van der Waals surface area contributed by atoms with Gasteiger partial charge < -0.3 is 9.47 Å². The van der Waals surface area contributed by atoms with Gasteiger partial charge in [-0.1, -0.05) is 26.0 Å². The van der Waals surface area contributed by atoms with Gasteiger partial charge in [0.05, 0.1) is 0 Å². The van der Waals surface area contributed by atoms with Crippen molar-refractivity contribution >= 4 is 28.7 Å². The molecule has 0 heterocycles. The fourth-order valence-electron chi connectivity index (χ4n) is 1.63.